The molecule has 3 rings (SSSR count). The molecule has 0 aliphatic heterocycles. The molecule has 2 aliphatic carbocycles. The Balaban J connectivity index is 1.54. The van der Waals surface area contributed by atoms with Gasteiger partial charge in [-0.05, 0) is 79.7 Å². The average Bonchev–Trinajstić information content (AvgIpc) is 2.62. The minimum absolute atomic E-state index is 0.201. The minimum Gasteiger partial charge on any atom is -0.207 e. The van der Waals surface area contributed by atoms with E-state index in [1.807, 2.05) is 0 Å². The highest BCUT2D eigenvalue weighted by Crippen LogP contribution is 2.40. The number of rotatable bonds is 2. The third-order valence-corrected chi connectivity index (χ3v) is 5.80. The Morgan fingerprint density at radius 3 is 2.30 bits per heavy atom. The summed E-state index contributed by atoms with van der Waals surface area (Å²) in [6, 6.07) is 6.45. The summed E-state index contributed by atoms with van der Waals surface area (Å²) in [5, 5.41) is 0. The fourth-order valence-corrected chi connectivity index (χ4v) is 4.15. The molecule has 0 bridgehead atoms. The van der Waals surface area contributed by atoms with Crippen molar-refractivity contribution in [1.29, 1.82) is 0 Å². The maximum Gasteiger partial charge on any atom is 0.123 e. The van der Waals surface area contributed by atoms with Gasteiger partial charge in [0.05, 0.1) is 0 Å². The summed E-state index contributed by atoms with van der Waals surface area (Å²) in [6.45, 7) is 2.33. The monoisotopic (exact) mass is 310 g/mol. The van der Waals surface area contributed by atoms with Gasteiger partial charge in [-0.1, -0.05) is 44.1 Å². The quantitative estimate of drug-likeness (QED) is 0.577. The second-order valence-electron chi connectivity index (χ2n) is 7.21. The molecule has 0 heterocycles. The van der Waals surface area contributed by atoms with Gasteiger partial charge in [-0.2, -0.15) is 0 Å². The van der Waals surface area contributed by atoms with E-state index in [4.69, 9.17) is 0 Å². The molecule has 0 amide bonds. The first-order valence-electron chi connectivity index (χ1n) is 9.21. The number of hydrogen-bond acceptors (Lipinski definition) is 0. The van der Waals surface area contributed by atoms with Gasteiger partial charge in [-0.15, -0.1) is 0 Å². The predicted octanol–water partition coefficient (Wildman–Crippen LogP) is 6.12. The first-order valence-corrected chi connectivity index (χ1v) is 9.21. The Labute approximate surface area is 140 Å². The Kier molecular flexibility index (Phi) is 5.55. The van der Waals surface area contributed by atoms with Gasteiger partial charge in [-0.3, -0.25) is 0 Å². The fraction of sp³-hybridized carbons (Fsp3) is 0.545. The van der Waals surface area contributed by atoms with Gasteiger partial charge in [0, 0.05) is 5.56 Å². The van der Waals surface area contributed by atoms with Crippen LogP contribution in [0.2, 0.25) is 0 Å². The molecule has 1 unspecified atom stereocenters. The van der Waals surface area contributed by atoms with Crippen molar-refractivity contribution in [2.24, 2.45) is 17.8 Å². The van der Waals surface area contributed by atoms with Crippen molar-refractivity contribution in [2.75, 3.05) is 0 Å². The van der Waals surface area contributed by atoms with E-state index in [0.29, 0.717) is 0 Å². The van der Waals surface area contributed by atoms with E-state index in [1.165, 1.54) is 62.7 Å². The normalized spacial score (nSPS) is 27.7. The minimum atomic E-state index is -0.201. The third-order valence-electron chi connectivity index (χ3n) is 5.80. The molecule has 1 heteroatoms. The van der Waals surface area contributed by atoms with Crippen LogP contribution >= 0.6 is 0 Å². The van der Waals surface area contributed by atoms with E-state index in [0.717, 1.165) is 29.7 Å². The fourth-order valence-electron chi connectivity index (χ4n) is 4.15. The third kappa shape index (κ3) is 4.47. The highest BCUT2D eigenvalue weighted by molar-refractivity contribution is 5.41. The summed E-state index contributed by atoms with van der Waals surface area (Å²) in [5.74, 6) is 9.06. The standard InChI is InChI=1S/C22H27F/c1-2-17-5-11-20(12-6-17)21-13-7-18(8-14-21)3-4-19-9-15-22(23)16-10-19/h7,9-10,15-17,20-21H,2,5-6,8,11-14H2,1H3. The molecule has 0 aromatic heterocycles. The predicted molar refractivity (Wildman–Crippen MR) is 94.4 cm³/mol. The summed E-state index contributed by atoms with van der Waals surface area (Å²) in [5.41, 5.74) is 2.17. The van der Waals surface area contributed by atoms with Crippen LogP contribution in [0.25, 0.3) is 0 Å². The van der Waals surface area contributed by atoms with Crippen LogP contribution in [-0.4, -0.2) is 0 Å². The van der Waals surface area contributed by atoms with Gasteiger partial charge >= 0.3 is 0 Å². The maximum absolute atomic E-state index is 12.9. The van der Waals surface area contributed by atoms with Crippen LogP contribution in [0.15, 0.2) is 35.9 Å². The van der Waals surface area contributed by atoms with E-state index in [2.05, 4.69) is 24.8 Å². The molecule has 1 saturated carbocycles. The van der Waals surface area contributed by atoms with Crippen LogP contribution in [0.3, 0.4) is 0 Å². The van der Waals surface area contributed by atoms with Crippen LogP contribution in [0, 0.1) is 35.4 Å². The zero-order valence-electron chi connectivity index (χ0n) is 14.2. The van der Waals surface area contributed by atoms with Crippen molar-refractivity contribution in [3.05, 3.63) is 47.3 Å². The molecule has 1 fully saturated rings. The molecule has 0 radical (unpaired) electrons. The highest BCUT2D eigenvalue weighted by atomic mass is 19.1. The summed E-state index contributed by atoms with van der Waals surface area (Å²) in [6.07, 6.45) is 13.1. The average molecular weight is 310 g/mol. The van der Waals surface area contributed by atoms with E-state index in [9.17, 15) is 4.39 Å². The van der Waals surface area contributed by atoms with E-state index >= 15 is 0 Å². The second kappa shape index (κ2) is 7.82. The van der Waals surface area contributed by atoms with Crippen LogP contribution in [0.1, 0.15) is 63.9 Å². The number of benzene rings is 1. The van der Waals surface area contributed by atoms with Crippen LogP contribution in [-0.2, 0) is 0 Å². The van der Waals surface area contributed by atoms with Crippen molar-refractivity contribution in [3.63, 3.8) is 0 Å². The topological polar surface area (TPSA) is 0 Å². The summed E-state index contributed by atoms with van der Waals surface area (Å²) in [4.78, 5) is 0. The molecule has 1 atom stereocenters. The molecule has 0 nitrogen and oxygen atoms in total. The lowest BCUT2D eigenvalue weighted by Gasteiger charge is -2.34. The molecular formula is C22H27F. The van der Waals surface area contributed by atoms with Crippen LogP contribution in [0.4, 0.5) is 4.39 Å². The van der Waals surface area contributed by atoms with Gasteiger partial charge in [0.2, 0.25) is 0 Å². The van der Waals surface area contributed by atoms with Crippen molar-refractivity contribution in [2.45, 2.75) is 58.3 Å². The molecule has 0 saturated heterocycles. The summed E-state index contributed by atoms with van der Waals surface area (Å²) in [7, 11) is 0. The molecule has 0 spiro atoms. The lowest BCUT2D eigenvalue weighted by molar-refractivity contribution is 0.190. The van der Waals surface area contributed by atoms with Crippen molar-refractivity contribution in [1.82, 2.24) is 0 Å². The Hall–Kier alpha value is -1.55. The summed E-state index contributed by atoms with van der Waals surface area (Å²) >= 11 is 0. The maximum atomic E-state index is 12.9. The molecule has 2 aliphatic rings. The van der Waals surface area contributed by atoms with E-state index in [1.54, 1.807) is 12.1 Å². The van der Waals surface area contributed by atoms with Gasteiger partial charge in [0.25, 0.3) is 0 Å². The van der Waals surface area contributed by atoms with Gasteiger partial charge < -0.3 is 0 Å². The molecule has 1 aromatic rings. The Morgan fingerprint density at radius 1 is 0.957 bits per heavy atom. The van der Waals surface area contributed by atoms with Crippen molar-refractivity contribution in [3.8, 4) is 11.8 Å². The second-order valence-corrected chi connectivity index (χ2v) is 7.21. The van der Waals surface area contributed by atoms with Crippen molar-refractivity contribution >= 4 is 0 Å². The number of allylic oxidation sites excluding steroid dienone is 2. The number of hydrogen-bond donors (Lipinski definition) is 0. The lowest BCUT2D eigenvalue weighted by atomic mass is 9.71. The van der Waals surface area contributed by atoms with Gasteiger partial charge in [-0.25, -0.2) is 4.39 Å². The Morgan fingerprint density at radius 2 is 1.70 bits per heavy atom. The first kappa shape index (κ1) is 16.3. The summed E-state index contributed by atoms with van der Waals surface area (Å²) < 4.78 is 12.9. The van der Waals surface area contributed by atoms with Gasteiger partial charge in [0.1, 0.15) is 5.82 Å². The van der Waals surface area contributed by atoms with Crippen LogP contribution < -0.4 is 0 Å². The lowest BCUT2D eigenvalue weighted by Crippen LogP contribution is -2.22. The van der Waals surface area contributed by atoms with E-state index in [-0.39, 0.29) is 5.82 Å². The molecule has 0 N–H and O–H groups in total. The largest absolute Gasteiger partial charge is 0.207 e. The molecular weight excluding hydrogens is 283 g/mol. The van der Waals surface area contributed by atoms with Gasteiger partial charge in [0.15, 0.2) is 0 Å². The molecule has 23 heavy (non-hydrogen) atoms. The first-order chi connectivity index (χ1) is 11.2. The molecule has 1 aromatic carbocycles. The number of halogens is 1. The molecule has 122 valence electrons. The van der Waals surface area contributed by atoms with Crippen LogP contribution in [0.5, 0.6) is 0 Å². The Bertz CT molecular complexity index is 591. The zero-order chi connectivity index (χ0) is 16.1. The zero-order valence-corrected chi connectivity index (χ0v) is 14.2. The van der Waals surface area contributed by atoms with Crippen molar-refractivity contribution < 1.29 is 4.39 Å². The SMILES string of the molecule is CCC1CCC(C2CC=C(C#Cc3ccc(F)cc3)CC2)CC1. The van der Waals surface area contributed by atoms with E-state index < -0.39 is 0 Å². The smallest absolute Gasteiger partial charge is 0.123 e. The highest BCUT2D eigenvalue weighted by Gasteiger charge is 2.27.